The molecular weight excluding hydrogens is 322 g/mol. The van der Waals surface area contributed by atoms with Crippen molar-refractivity contribution in [3.63, 3.8) is 0 Å². The van der Waals surface area contributed by atoms with Crippen LogP contribution < -0.4 is 19.5 Å². The first-order valence-corrected chi connectivity index (χ1v) is 8.48. The quantitative estimate of drug-likeness (QED) is 0.749. The highest BCUT2D eigenvalue weighted by atomic mass is 16.7. The van der Waals surface area contributed by atoms with E-state index in [-0.39, 0.29) is 12.8 Å². The molecule has 1 N–H and O–H groups in total. The van der Waals surface area contributed by atoms with Gasteiger partial charge in [-0.05, 0) is 35.7 Å². The SMILES string of the molecule is COc1cc(CNC(COCC(C)C)c2ccco2)cc2c1OCO2. The maximum absolute atomic E-state index is 5.80. The molecule has 1 aliphatic heterocycles. The highest BCUT2D eigenvalue weighted by Crippen LogP contribution is 2.41. The third kappa shape index (κ3) is 4.46. The van der Waals surface area contributed by atoms with E-state index in [1.807, 2.05) is 24.3 Å². The summed E-state index contributed by atoms with van der Waals surface area (Å²) in [6.07, 6.45) is 1.68. The summed E-state index contributed by atoms with van der Waals surface area (Å²) >= 11 is 0. The van der Waals surface area contributed by atoms with Gasteiger partial charge in [0, 0.05) is 13.2 Å². The highest BCUT2D eigenvalue weighted by Gasteiger charge is 2.21. The number of ether oxygens (including phenoxy) is 4. The fraction of sp³-hybridized carbons (Fsp3) is 0.474. The molecule has 0 aliphatic carbocycles. The van der Waals surface area contributed by atoms with E-state index >= 15 is 0 Å². The number of furan rings is 1. The maximum atomic E-state index is 5.80. The molecular formula is C19H25NO5. The molecule has 1 aromatic carbocycles. The molecule has 0 saturated heterocycles. The van der Waals surface area contributed by atoms with Crippen LogP contribution in [-0.4, -0.2) is 27.1 Å². The minimum atomic E-state index is -0.0230. The van der Waals surface area contributed by atoms with Gasteiger partial charge in [-0.2, -0.15) is 0 Å². The van der Waals surface area contributed by atoms with Crippen molar-refractivity contribution in [2.75, 3.05) is 27.1 Å². The first-order valence-electron chi connectivity index (χ1n) is 8.48. The van der Waals surface area contributed by atoms with Crippen molar-refractivity contribution in [1.29, 1.82) is 0 Å². The third-order valence-electron chi connectivity index (χ3n) is 3.89. The van der Waals surface area contributed by atoms with Gasteiger partial charge < -0.3 is 28.7 Å². The minimum absolute atomic E-state index is 0.0230. The summed E-state index contributed by atoms with van der Waals surface area (Å²) in [4.78, 5) is 0. The number of methoxy groups -OCH3 is 1. The van der Waals surface area contributed by atoms with Crippen molar-refractivity contribution in [2.24, 2.45) is 5.92 Å². The molecule has 6 nitrogen and oxygen atoms in total. The molecule has 0 bridgehead atoms. The van der Waals surface area contributed by atoms with Crippen LogP contribution >= 0.6 is 0 Å². The third-order valence-corrected chi connectivity index (χ3v) is 3.89. The summed E-state index contributed by atoms with van der Waals surface area (Å²) in [7, 11) is 1.62. The first kappa shape index (κ1) is 17.6. The second-order valence-electron chi connectivity index (χ2n) is 6.41. The van der Waals surface area contributed by atoms with Crippen LogP contribution in [0.4, 0.5) is 0 Å². The van der Waals surface area contributed by atoms with E-state index in [1.54, 1.807) is 13.4 Å². The normalized spacial score (nSPS) is 14.1. The zero-order chi connectivity index (χ0) is 17.6. The Labute approximate surface area is 148 Å². The molecule has 1 atom stereocenters. The lowest BCUT2D eigenvalue weighted by Crippen LogP contribution is -2.25. The van der Waals surface area contributed by atoms with Crippen LogP contribution in [0.15, 0.2) is 34.9 Å². The Balaban J connectivity index is 1.66. The van der Waals surface area contributed by atoms with Gasteiger partial charge in [-0.15, -0.1) is 0 Å². The van der Waals surface area contributed by atoms with E-state index in [0.717, 1.165) is 17.9 Å². The Morgan fingerprint density at radius 1 is 1.20 bits per heavy atom. The monoisotopic (exact) mass is 347 g/mol. The van der Waals surface area contributed by atoms with Gasteiger partial charge in [0.25, 0.3) is 0 Å². The average Bonchev–Trinajstić information content (AvgIpc) is 3.28. The van der Waals surface area contributed by atoms with Gasteiger partial charge >= 0.3 is 0 Å². The molecule has 0 radical (unpaired) electrons. The first-order chi connectivity index (χ1) is 12.2. The molecule has 6 heteroatoms. The summed E-state index contributed by atoms with van der Waals surface area (Å²) in [6.45, 7) is 6.39. The van der Waals surface area contributed by atoms with Gasteiger partial charge in [0.15, 0.2) is 11.5 Å². The lowest BCUT2D eigenvalue weighted by atomic mass is 10.1. The topological polar surface area (TPSA) is 62.1 Å². The van der Waals surface area contributed by atoms with Crippen LogP contribution in [0.1, 0.15) is 31.2 Å². The zero-order valence-electron chi connectivity index (χ0n) is 14.9. The predicted octanol–water partition coefficient (Wildman–Crippen LogP) is 3.52. The number of nitrogens with one attached hydrogen (secondary N) is 1. The lowest BCUT2D eigenvalue weighted by Gasteiger charge is -2.18. The summed E-state index contributed by atoms with van der Waals surface area (Å²) in [5.74, 6) is 3.40. The molecule has 0 saturated carbocycles. The maximum Gasteiger partial charge on any atom is 0.231 e. The fourth-order valence-electron chi connectivity index (χ4n) is 2.68. The van der Waals surface area contributed by atoms with Crippen molar-refractivity contribution >= 4 is 0 Å². The Bertz CT molecular complexity index is 669. The Morgan fingerprint density at radius 2 is 2.08 bits per heavy atom. The van der Waals surface area contributed by atoms with Crippen LogP contribution in [0.25, 0.3) is 0 Å². The zero-order valence-corrected chi connectivity index (χ0v) is 14.9. The minimum Gasteiger partial charge on any atom is -0.493 e. The standard InChI is InChI=1S/C19H25NO5/c1-13(2)10-22-11-15(16-5-4-6-23-16)20-9-14-7-17(21-3)19-18(8-14)24-12-25-19/h4-8,13,15,20H,9-12H2,1-3H3. The van der Waals surface area contributed by atoms with Crippen LogP contribution in [0.3, 0.4) is 0 Å². The van der Waals surface area contributed by atoms with Crippen molar-refractivity contribution in [3.8, 4) is 17.2 Å². The van der Waals surface area contributed by atoms with E-state index in [2.05, 4.69) is 19.2 Å². The van der Waals surface area contributed by atoms with Gasteiger partial charge in [-0.25, -0.2) is 0 Å². The van der Waals surface area contributed by atoms with E-state index in [4.69, 9.17) is 23.4 Å². The number of rotatable bonds is 9. The molecule has 136 valence electrons. The van der Waals surface area contributed by atoms with E-state index < -0.39 is 0 Å². The summed E-state index contributed by atoms with van der Waals surface area (Å²) in [5, 5.41) is 3.48. The number of benzene rings is 1. The summed E-state index contributed by atoms with van der Waals surface area (Å²) in [6, 6.07) is 7.73. The second kappa shape index (κ2) is 8.27. The smallest absolute Gasteiger partial charge is 0.231 e. The van der Waals surface area contributed by atoms with Crippen molar-refractivity contribution in [2.45, 2.75) is 26.4 Å². The summed E-state index contributed by atoms with van der Waals surface area (Å²) < 4.78 is 27.6. The van der Waals surface area contributed by atoms with Crippen LogP contribution in [-0.2, 0) is 11.3 Å². The molecule has 25 heavy (non-hydrogen) atoms. The predicted molar refractivity (Wildman–Crippen MR) is 93.1 cm³/mol. The Morgan fingerprint density at radius 3 is 2.80 bits per heavy atom. The molecule has 0 amide bonds. The van der Waals surface area contributed by atoms with Crippen LogP contribution in [0.2, 0.25) is 0 Å². The average molecular weight is 347 g/mol. The van der Waals surface area contributed by atoms with E-state index in [1.165, 1.54) is 0 Å². The van der Waals surface area contributed by atoms with Crippen molar-refractivity contribution in [1.82, 2.24) is 5.32 Å². The summed E-state index contributed by atoms with van der Waals surface area (Å²) in [5.41, 5.74) is 1.04. The molecule has 1 aliphatic rings. The van der Waals surface area contributed by atoms with Gasteiger partial charge in [0.2, 0.25) is 12.5 Å². The Hall–Kier alpha value is -2.18. The van der Waals surface area contributed by atoms with Gasteiger partial charge in [-0.1, -0.05) is 13.8 Å². The molecule has 2 aromatic rings. The van der Waals surface area contributed by atoms with Gasteiger partial charge in [0.1, 0.15) is 5.76 Å². The Kier molecular flexibility index (Phi) is 5.83. The molecule has 2 heterocycles. The molecule has 3 rings (SSSR count). The van der Waals surface area contributed by atoms with Gasteiger partial charge in [-0.3, -0.25) is 0 Å². The second-order valence-corrected chi connectivity index (χ2v) is 6.41. The van der Waals surface area contributed by atoms with Crippen LogP contribution in [0.5, 0.6) is 17.2 Å². The molecule has 1 unspecified atom stereocenters. The highest BCUT2D eigenvalue weighted by molar-refractivity contribution is 5.55. The lowest BCUT2D eigenvalue weighted by molar-refractivity contribution is 0.0844. The van der Waals surface area contributed by atoms with E-state index in [0.29, 0.717) is 36.3 Å². The molecule has 0 fully saturated rings. The van der Waals surface area contributed by atoms with Crippen molar-refractivity contribution < 1.29 is 23.4 Å². The van der Waals surface area contributed by atoms with E-state index in [9.17, 15) is 0 Å². The number of hydrogen-bond acceptors (Lipinski definition) is 6. The largest absolute Gasteiger partial charge is 0.493 e. The van der Waals surface area contributed by atoms with Crippen molar-refractivity contribution in [3.05, 3.63) is 41.9 Å². The number of fused-ring (bicyclic) bond motifs is 1. The van der Waals surface area contributed by atoms with Gasteiger partial charge in [0.05, 0.1) is 26.0 Å². The van der Waals surface area contributed by atoms with Crippen LogP contribution in [0, 0.1) is 5.92 Å². The fourth-order valence-corrected chi connectivity index (χ4v) is 2.68. The molecule has 1 aromatic heterocycles. The number of hydrogen-bond donors (Lipinski definition) is 1. The molecule has 0 spiro atoms.